The minimum absolute atomic E-state index is 0.00953. The molecule has 3 fully saturated rings. The van der Waals surface area contributed by atoms with Gasteiger partial charge in [0.15, 0.2) is 5.76 Å². The topological polar surface area (TPSA) is 67.5 Å². The molecule has 3 aromatic carbocycles. The molecular weight excluding hydrogens is 534 g/mol. The van der Waals surface area contributed by atoms with Gasteiger partial charge in [-0.15, -0.1) is 0 Å². The van der Waals surface area contributed by atoms with Crippen LogP contribution in [0, 0.1) is 24.7 Å². The normalized spacial score (nSPS) is 22.6. The molecule has 4 aliphatic rings. The summed E-state index contributed by atoms with van der Waals surface area (Å²) in [6.07, 6.45) is 4.89. The number of nitrogens with one attached hydrogen (secondary N) is 1. The van der Waals surface area contributed by atoms with Crippen molar-refractivity contribution in [2.45, 2.75) is 58.7 Å². The van der Waals surface area contributed by atoms with Crippen molar-refractivity contribution in [3.05, 3.63) is 82.9 Å². The molecule has 1 N–H and O–H groups in total. The molecule has 216 valence electrons. The first-order valence-electron chi connectivity index (χ1n) is 15.8. The van der Waals surface area contributed by atoms with Crippen LogP contribution in [0.15, 0.2) is 65.1 Å². The summed E-state index contributed by atoms with van der Waals surface area (Å²) in [6, 6.07) is 21.4. The maximum absolute atomic E-state index is 13.6. The molecular formula is C37H35N3O3. The third-order valence-electron chi connectivity index (χ3n) is 10.9. The Bertz CT molecular complexity index is 1990. The largest absolute Gasteiger partial charge is 0.454 e. The van der Waals surface area contributed by atoms with Gasteiger partial charge in [0.1, 0.15) is 5.58 Å². The summed E-state index contributed by atoms with van der Waals surface area (Å²) >= 11 is 0. The Kier molecular flexibility index (Phi) is 5.33. The minimum atomic E-state index is 0.00953. The highest BCUT2D eigenvalue weighted by molar-refractivity contribution is 6.01. The fourth-order valence-electron chi connectivity index (χ4n) is 8.10. The van der Waals surface area contributed by atoms with Crippen LogP contribution in [0.5, 0.6) is 0 Å². The summed E-state index contributed by atoms with van der Waals surface area (Å²) in [5.41, 5.74) is 9.00. The number of piperidine rings is 1. The predicted octanol–water partition coefficient (Wildman–Crippen LogP) is 7.55. The smallest absolute Gasteiger partial charge is 0.254 e. The van der Waals surface area contributed by atoms with Crippen molar-refractivity contribution in [2.75, 3.05) is 6.54 Å². The number of aromatic nitrogens is 1. The van der Waals surface area contributed by atoms with Gasteiger partial charge in [-0.1, -0.05) is 31.2 Å². The molecule has 4 heterocycles. The molecule has 2 bridgehead atoms. The third-order valence-corrected chi connectivity index (χ3v) is 10.9. The van der Waals surface area contributed by atoms with E-state index in [1.54, 1.807) is 0 Å². The van der Waals surface area contributed by atoms with Crippen LogP contribution in [0.1, 0.15) is 64.4 Å². The molecule has 6 heteroatoms. The monoisotopic (exact) mass is 569 g/mol. The molecule has 43 heavy (non-hydrogen) atoms. The molecule has 9 rings (SSSR count). The summed E-state index contributed by atoms with van der Waals surface area (Å²) in [7, 11) is 0. The number of likely N-dealkylation sites (tertiary alicyclic amines) is 1. The quantitative estimate of drug-likeness (QED) is 0.238. The molecule has 6 nitrogen and oxygen atoms in total. The first-order chi connectivity index (χ1) is 20.9. The molecule has 2 aliphatic carbocycles. The van der Waals surface area contributed by atoms with Crippen LogP contribution < -0.4 is 5.32 Å². The van der Waals surface area contributed by atoms with Gasteiger partial charge in [-0.25, -0.2) is 0 Å². The van der Waals surface area contributed by atoms with E-state index in [4.69, 9.17) is 4.42 Å². The Labute approximate surface area is 250 Å². The zero-order valence-electron chi connectivity index (χ0n) is 24.7. The summed E-state index contributed by atoms with van der Waals surface area (Å²) in [4.78, 5) is 27.8. The molecule has 2 aliphatic heterocycles. The first-order valence-corrected chi connectivity index (χ1v) is 15.8. The van der Waals surface area contributed by atoms with Crippen LogP contribution >= 0.6 is 0 Å². The van der Waals surface area contributed by atoms with Crippen LogP contribution in [0.25, 0.3) is 44.5 Å². The molecule has 1 saturated heterocycles. The number of benzene rings is 3. The summed E-state index contributed by atoms with van der Waals surface area (Å²) in [5.74, 6) is 2.96. The maximum atomic E-state index is 13.6. The Hall–Kier alpha value is -4.32. The van der Waals surface area contributed by atoms with Crippen LogP contribution in [-0.4, -0.2) is 33.9 Å². The van der Waals surface area contributed by atoms with Gasteiger partial charge >= 0.3 is 0 Å². The number of hydrogen-bond donors (Lipinski definition) is 1. The lowest BCUT2D eigenvalue weighted by molar-refractivity contribution is 0.0696. The SMILES string of the molecule is Cc1c(-c2cc3ccc(-c4ccc5c(c4)CNC5=O)cc3n2CC2CC2)oc2cc(C(=O)N3CC4CCC3C4C)ccc12. The van der Waals surface area contributed by atoms with Crippen molar-refractivity contribution in [3.63, 3.8) is 0 Å². The molecule has 2 saturated carbocycles. The lowest BCUT2D eigenvalue weighted by Gasteiger charge is -2.27. The van der Waals surface area contributed by atoms with Gasteiger partial charge in [0.05, 0.1) is 5.69 Å². The van der Waals surface area contributed by atoms with E-state index in [2.05, 4.69) is 71.1 Å². The van der Waals surface area contributed by atoms with E-state index in [1.807, 2.05) is 18.2 Å². The summed E-state index contributed by atoms with van der Waals surface area (Å²) in [6.45, 7) is 6.86. The maximum Gasteiger partial charge on any atom is 0.254 e. The van der Waals surface area contributed by atoms with Crippen LogP contribution in [0.3, 0.4) is 0 Å². The predicted molar refractivity (Wildman–Crippen MR) is 168 cm³/mol. The fraction of sp³-hybridized carbons (Fsp3) is 0.351. The van der Waals surface area contributed by atoms with Gasteiger partial charge in [-0.3, -0.25) is 9.59 Å². The lowest BCUT2D eigenvalue weighted by Crippen LogP contribution is -2.38. The van der Waals surface area contributed by atoms with E-state index in [1.165, 1.54) is 30.2 Å². The van der Waals surface area contributed by atoms with Crippen molar-refractivity contribution in [2.24, 2.45) is 17.8 Å². The Morgan fingerprint density at radius 1 is 0.977 bits per heavy atom. The van der Waals surface area contributed by atoms with Crippen LogP contribution in [0.4, 0.5) is 0 Å². The zero-order valence-corrected chi connectivity index (χ0v) is 24.7. The van der Waals surface area contributed by atoms with Gasteiger partial charge in [0, 0.05) is 58.7 Å². The van der Waals surface area contributed by atoms with Crippen LogP contribution in [-0.2, 0) is 13.1 Å². The van der Waals surface area contributed by atoms with Crippen molar-refractivity contribution in [3.8, 4) is 22.6 Å². The molecule has 2 amide bonds. The summed E-state index contributed by atoms with van der Waals surface area (Å²) < 4.78 is 9.08. The molecule has 2 aromatic heterocycles. The molecule has 0 radical (unpaired) electrons. The Morgan fingerprint density at radius 2 is 1.81 bits per heavy atom. The highest BCUT2D eigenvalue weighted by Crippen LogP contribution is 2.44. The number of nitrogens with zero attached hydrogens (tertiary/aromatic N) is 2. The van der Waals surface area contributed by atoms with Crippen molar-refractivity contribution in [1.82, 2.24) is 14.8 Å². The van der Waals surface area contributed by atoms with Crippen molar-refractivity contribution >= 4 is 33.7 Å². The van der Waals surface area contributed by atoms with Gasteiger partial charge in [0.2, 0.25) is 0 Å². The van der Waals surface area contributed by atoms with Crippen LogP contribution in [0.2, 0.25) is 0 Å². The van der Waals surface area contributed by atoms with E-state index >= 15 is 0 Å². The molecule has 0 spiro atoms. The van der Waals surface area contributed by atoms with Gasteiger partial charge < -0.3 is 19.2 Å². The highest BCUT2D eigenvalue weighted by Gasteiger charge is 2.46. The first kappa shape index (κ1) is 25.2. The highest BCUT2D eigenvalue weighted by atomic mass is 16.3. The Balaban J connectivity index is 1.11. The number of furan rings is 1. The van der Waals surface area contributed by atoms with Crippen molar-refractivity contribution in [1.29, 1.82) is 0 Å². The number of carbonyl (C=O) groups excluding carboxylic acids is 2. The minimum Gasteiger partial charge on any atom is -0.454 e. The third kappa shape index (κ3) is 3.85. The number of hydrogen-bond acceptors (Lipinski definition) is 3. The average Bonchev–Trinajstić information content (AvgIpc) is 3.23. The zero-order chi connectivity index (χ0) is 29.0. The standard InChI is InChI=1S/C37H35N3O3/c1-20-27-9-12-31(20)40(19-27)37(42)26-8-10-29-21(2)35(43-34(29)16-26)33-15-25-6-5-24(14-32(25)39(33)18-22-3-4-22)23-7-11-30-28(13-23)17-38-36(30)41/h5-8,10-11,13-16,20,22,27,31H,3-4,9,12,17-19H2,1-2H3,(H,38,41). The fourth-order valence-corrected chi connectivity index (χ4v) is 8.10. The molecule has 3 atom stereocenters. The van der Waals surface area contributed by atoms with E-state index < -0.39 is 0 Å². The number of amides is 2. The molecule has 3 unspecified atom stereocenters. The number of rotatable bonds is 5. The second-order valence-electron chi connectivity index (χ2n) is 13.4. The number of carbonyl (C=O) groups is 2. The van der Waals surface area contributed by atoms with Crippen molar-refractivity contribution < 1.29 is 14.0 Å². The molecule has 5 aromatic rings. The van der Waals surface area contributed by atoms with Gasteiger partial charge in [0.25, 0.3) is 11.8 Å². The van der Waals surface area contributed by atoms with E-state index in [0.717, 1.165) is 75.3 Å². The van der Waals surface area contributed by atoms with E-state index in [9.17, 15) is 9.59 Å². The number of fused-ring (bicyclic) bond motifs is 5. The van der Waals surface area contributed by atoms with E-state index in [-0.39, 0.29) is 11.8 Å². The second-order valence-corrected chi connectivity index (χ2v) is 13.4. The Morgan fingerprint density at radius 3 is 2.60 bits per heavy atom. The number of aryl methyl sites for hydroxylation is 1. The second kappa shape index (κ2) is 9.09. The average molecular weight is 570 g/mol. The lowest BCUT2D eigenvalue weighted by atomic mass is 9.99. The summed E-state index contributed by atoms with van der Waals surface area (Å²) in [5, 5.41) is 5.18. The van der Waals surface area contributed by atoms with Gasteiger partial charge in [-0.2, -0.15) is 0 Å². The van der Waals surface area contributed by atoms with Gasteiger partial charge in [-0.05, 0) is 103 Å². The van der Waals surface area contributed by atoms with E-state index in [0.29, 0.717) is 30.3 Å².